The van der Waals surface area contributed by atoms with Gasteiger partial charge in [0.2, 0.25) is 0 Å². The molecule has 1 N–H and O–H groups in total. The third-order valence-corrected chi connectivity index (χ3v) is 7.35. The molecule has 3 aromatic carbocycles. The molecule has 0 aliphatic rings. The van der Waals surface area contributed by atoms with E-state index >= 15 is 0 Å². The van der Waals surface area contributed by atoms with E-state index in [1.54, 1.807) is 30.3 Å². The summed E-state index contributed by atoms with van der Waals surface area (Å²) in [6.07, 6.45) is 2.04. The summed E-state index contributed by atoms with van der Waals surface area (Å²) in [5, 5.41) is 8.75. The third-order valence-electron chi connectivity index (χ3n) is 6.90. The van der Waals surface area contributed by atoms with Gasteiger partial charge in [-0.15, -0.1) is 0 Å². The summed E-state index contributed by atoms with van der Waals surface area (Å²) in [5.41, 5.74) is 2.51. The van der Waals surface area contributed by atoms with Gasteiger partial charge in [0.1, 0.15) is 5.75 Å². The van der Waals surface area contributed by atoms with E-state index in [0.717, 1.165) is 17.2 Å². The summed E-state index contributed by atoms with van der Waals surface area (Å²) in [4.78, 5) is 13.1. The molecule has 0 aromatic heterocycles. The second-order valence-electron chi connectivity index (χ2n) is 10.1. The van der Waals surface area contributed by atoms with Crippen LogP contribution in [0.15, 0.2) is 96.6 Å². The number of hydrogen-bond donors (Lipinski definition) is 1. The lowest BCUT2D eigenvalue weighted by Crippen LogP contribution is -2.31. The highest BCUT2D eigenvalue weighted by molar-refractivity contribution is 6.32. The van der Waals surface area contributed by atoms with Crippen molar-refractivity contribution in [3.8, 4) is 5.75 Å². The van der Waals surface area contributed by atoms with Gasteiger partial charge < -0.3 is 9.84 Å². The molecule has 0 aliphatic heterocycles. The summed E-state index contributed by atoms with van der Waals surface area (Å²) < 4.78 is 46.4. The van der Waals surface area contributed by atoms with Crippen molar-refractivity contribution in [3.05, 3.63) is 124 Å². The summed E-state index contributed by atoms with van der Waals surface area (Å²) in [6.45, 7) is 13.8. The number of carboxylic acid groups (broad SMARTS) is 1. The van der Waals surface area contributed by atoms with Crippen LogP contribution in [0.1, 0.15) is 76.1 Å². The minimum atomic E-state index is -4.53. The number of halogens is 4. The number of alkyl halides is 3. The topological polar surface area (TPSA) is 49.8 Å². The quantitative estimate of drug-likeness (QED) is 0.148. The minimum Gasteiger partial charge on any atom is -0.494 e. The summed E-state index contributed by atoms with van der Waals surface area (Å²) >= 11 is 6.25. The van der Waals surface area contributed by atoms with Crippen LogP contribution in [0.3, 0.4) is 0 Å². The van der Waals surface area contributed by atoms with Gasteiger partial charge in [0, 0.05) is 25.6 Å². The fourth-order valence-electron chi connectivity index (χ4n) is 4.45. The van der Waals surface area contributed by atoms with Crippen LogP contribution in [0.25, 0.3) is 0 Å². The molecule has 4 nitrogen and oxygen atoms in total. The number of aliphatic carboxylic acids is 1. The first-order valence-corrected chi connectivity index (χ1v) is 15.6. The van der Waals surface area contributed by atoms with Gasteiger partial charge in [0.25, 0.3) is 0 Å². The van der Waals surface area contributed by atoms with Gasteiger partial charge in [-0.1, -0.05) is 104 Å². The lowest BCUT2D eigenvalue weighted by molar-refractivity contribution is -0.138. The zero-order valence-corrected chi connectivity index (χ0v) is 28.0. The molecule has 0 aliphatic carbocycles. The Morgan fingerprint density at radius 2 is 1.62 bits per heavy atom. The summed E-state index contributed by atoms with van der Waals surface area (Å²) in [5.74, 6) is -0.289. The third kappa shape index (κ3) is 14.4. The standard InChI is InChI=1S/C31H33ClF3NO3.C4H8.C2H6/c1-3-22(2)27(24-11-5-4-6-12-24)21-36(20-25-13-8-15-28(30(25)32)31(33,34)35)16-9-17-39-26-14-7-10-23(18-26)19-29(37)38;1-3-4-2;1-2/h3-8,10-15,18,27H,9,16-17,19-21H2,1-2H3,(H,37,38);3-4H,1-2H3;1-2H3/b22-3+;4-3-;. The first-order valence-electron chi connectivity index (χ1n) is 15.3. The largest absolute Gasteiger partial charge is 0.494 e. The average Bonchev–Trinajstić information content (AvgIpc) is 3.03. The Balaban J connectivity index is 0.00000156. The average molecular weight is 646 g/mol. The molecule has 0 saturated heterocycles. The molecule has 0 heterocycles. The van der Waals surface area contributed by atoms with Crippen molar-refractivity contribution < 1.29 is 27.8 Å². The molecule has 0 amide bonds. The van der Waals surface area contributed by atoms with Crippen LogP contribution >= 0.6 is 11.6 Å². The van der Waals surface area contributed by atoms with Crippen LogP contribution in [0.2, 0.25) is 5.02 Å². The molecule has 1 unspecified atom stereocenters. The van der Waals surface area contributed by atoms with E-state index in [9.17, 15) is 18.0 Å². The first-order chi connectivity index (χ1) is 21.5. The lowest BCUT2D eigenvalue weighted by atomic mass is 9.91. The highest BCUT2D eigenvalue weighted by Crippen LogP contribution is 2.37. The number of rotatable bonds is 13. The van der Waals surface area contributed by atoms with E-state index in [1.165, 1.54) is 6.07 Å². The van der Waals surface area contributed by atoms with Crippen LogP contribution in [0, 0.1) is 0 Å². The number of carbonyl (C=O) groups is 1. The van der Waals surface area contributed by atoms with Crippen LogP contribution in [-0.4, -0.2) is 35.7 Å². The molecule has 0 radical (unpaired) electrons. The molecule has 8 heteroatoms. The Hall–Kier alpha value is -3.55. The minimum absolute atomic E-state index is 0.0504. The number of carboxylic acids is 1. The van der Waals surface area contributed by atoms with Gasteiger partial charge in [0.05, 0.1) is 23.6 Å². The molecular formula is C37H47ClF3NO3. The zero-order valence-electron chi connectivity index (χ0n) is 27.2. The van der Waals surface area contributed by atoms with Crippen molar-refractivity contribution in [2.45, 2.75) is 73.0 Å². The van der Waals surface area contributed by atoms with Crippen LogP contribution < -0.4 is 4.74 Å². The molecular weight excluding hydrogens is 599 g/mol. The van der Waals surface area contributed by atoms with Crippen molar-refractivity contribution in [2.75, 3.05) is 19.7 Å². The highest BCUT2D eigenvalue weighted by Gasteiger charge is 2.34. The van der Waals surface area contributed by atoms with Gasteiger partial charge in [-0.05, 0) is 69.0 Å². The van der Waals surface area contributed by atoms with Gasteiger partial charge in [0.15, 0.2) is 0 Å². The summed E-state index contributed by atoms with van der Waals surface area (Å²) in [7, 11) is 0. The van der Waals surface area contributed by atoms with Crippen LogP contribution in [0.5, 0.6) is 5.75 Å². The monoisotopic (exact) mass is 645 g/mol. The molecule has 0 saturated carbocycles. The second-order valence-corrected chi connectivity index (χ2v) is 10.5. The Labute approximate surface area is 272 Å². The van der Waals surface area contributed by atoms with E-state index in [0.29, 0.717) is 43.0 Å². The highest BCUT2D eigenvalue weighted by atomic mass is 35.5. The molecule has 1 atom stereocenters. The van der Waals surface area contributed by atoms with Gasteiger partial charge in [-0.3, -0.25) is 9.69 Å². The SMILES string of the molecule is C/C=C(\C)C(CN(CCCOc1cccc(CC(=O)O)c1)Cc1cccc(C(F)(F)F)c1Cl)c1ccccc1.C/C=C\C.CC. The van der Waals surface area contributed by atoms with Crippen molar-refractivity contribution in [1.82, 2.24) is 4.90 Å². The maximum atomic E-state index is 13.5. The maximum absolute atomic E-state index is 13.5. The number of nitrogens with zero attached hydrogens (tertiary/aromatic N) is 1. The Morgan fingerprint density at radius 3 is 2.20 bits per heavy atom. The van der Waals surface area contributed by atoms with E-state index in [4.69, 9.17) is 21.4 Å². The molecule has 0 bridgehead atoms. The van der Waals surface area contributed by atoms with Crippen molar-refractivity contribution in [3.63, 3.8) is 0 Å². The predicted molar refractivity (Wildman–Crippen MR) is 180 cm³/mol. The van der Waals surface area contributed by atoms with Crippen LogP contribution in [-0.2, 0) is 23.9 Å². The second kappa shape index (κ2) is 21.2. The number of ether oxygens (including phenoxy) is 1. The van der Waals surface area contributed by atoms with Crippen molar-refractivity contribution in [1.29, 1.82) is 0 Å². The predicted octanol–water partition coefficient (Wildman–Crippen LogP) is 10.6. The maximum Gasteiger partial charge on any atom is 0.417 e. The Morgan fingerprint density at radius 1 is 0.978 bits per heavy atom. The van der Waals surface area contributed by atoms with Crippen LogP contribution in [0.4, 0.5) is 13.2 Å². The lowest BCUT2D eigenvalue weighted by Gasteiger charge is -2.29. The fraction of sp³-hybridized carbons (Fsp3) is 0.378. The molecule has 45 heavy (non-hydrogen) atoms. The van der Waals surface area contributed by atoms with E-state index < -0.39 is 17.7 Å². The molecule has 0 fully saturated rings. The number of hydrogen-bond acceptors (Lipinski definition) is 3. The fourth-order valence-corrected chi connectivity index (χ4v) is 4.74. The van der Waals surface area contributed by atoms with Crippen molar-refractivity contribution in [2.24, 2.45) is 0 Å². The van der Waals surface area contributed by atoms with E-state index in [-0.39, 0.29) is 23.9 Å². The molecule has 3 rings (SSSR count). The number of benzene rings is 3. The smallest absolute Gasteiger partial charge is 0.417 e. The Kier molecular flexibility index (Phi) is 18.6. The zero-order chi connectivity index (χ0) is 33.8. The Bertz CT molecular complexity index is 1340. The molecule has 246 valence electrons. The molecule has 0 spiro atoms. The molecule has 3 aromatic rings. The number of allylic oxidation sites excluding steroid dienone is 3. The van der Waals surface area contributed by atoms with Gasteiger partial charge in [-0.2, -0.15) is 13.2 Å². The van der Waals surface area contributed by atoms with E-state index in [1.807, 2.05) is 65.0 Å². The van der Waals surface area contributed by atoms with Gasteiger partial charge >= 0.3 is 12.1 Å². The van der Waals surface area contributed by atoms with Crippen molar-refractivity contribution >= 4 is 17.6 Å². The normalized spacial score (nSPS) is 12.2. The summed E-state index contributed by atoms with van der Waals surface area (Å²) in [6, 6.07) is 21.0. The van der Waals surface area contributed by atoms with E-state index in [2.05, 4.69) is 30.0 Å². The van der Waals surface area contributed by atoms with Gasteiger partial charge in [-0.25, -0.2) is 0 Å². The first kappa shape index (κ1) is 39.5.